The number of halogens is 2. The average molecular weight is 476 g/mol. The van der Waals surface area contributed by atoms with Crippen molar-refractivity contribution >= 4 is 5.97 Å². The van der Waals surface area contributed by atoms with Crippen LogP contribution >= 0.6 is 0 Å². The molecule has 4 atom stereocenters. The molecule has 1 aliphatic heterocycles. The minimum atomic E-state index is -2.97. The van der Waals surface area contributed by atoms with Crippen molar-refractivity contribution in [3.63, 3.8) is 0 Å². The van der Waals surface area contributed by atoms with E-state index in [-0.39, 0.29) is 23.4 Å². The first kappa shape index (κ1) is 24.4. The number of hydrogen-bond donors (Lipinski definition) is 2. The third-order valence-corrected chi connectivity index (χ3v) is 6.51. The van der Waals surface area contributed by atoms with E-state index >= 15 is 0 Å². The first-order valence-electron chi connectivity index (χ1n) is 11.6. The lowest BCUT2D eigenvalue weighted by molar-refractivity contribution is -0.170. The number of phenolic OH excluding ortho intramolecular Hbond substituents is 1. The number of nitrogens with one attached hydrogen (secondary N) is 1. The van der Waals surface area contributed by atoms with Gasteiger partial charge in [-0.3, -0.25) is 9.63 Å². The highest BCUT2D eigenvalue weighted by Gasteiger charge is 2.55. The summed E-state index contributed by atoms with van der Waals surface area (Å²) in [6.07, 6.45) is 2.58. The number of rotatable bonds is 5. The summed E-state index contributed by atoms with van der Waals surface area (Å²) in [5.74, 6) is -1.03. The Hall–Kier alpha value is -2.71. The molecule has 1 saturated heterocycles. The van der Waals surface area contributed by atoms with E-state index in [1.807, 2.05) is 51.1 Å². The highest BCUT2D eigenvalue weighted by Crippen LogP contribution is 2.54. The Labute approximate surface area is 198 Å². The molecule has 2 aliphatic rings. The molecule has 0 radical (unpaired) electrons. The first-order valence-corrected chi connectivity index (χ1v) is 11.6. The van der Waals surface area contributed by atoms with E-state index in [0.29, 0.717) is 24.8 Å². The number of carbonyl (C=O) groups is 1. The van der Waals surface area contributed by atoms with Crippen molar-refractivity contribution in [2.45, 2.75) is 76.2 Å². The number of alkyl halides is 2. The van der Waals surface area contributed by atoms with Crippen molar-refractivity contribution in [3.8, 4) is 11.5 Å². The lowest BCUT2D eigenvalue weighted by Crippen LogP contribution is -2.47. The zero-order valence-electron chi connectivity index (χ0n) is 19.6. The normalized spacial score (nSPS) is 27.2. The van der Waals surface area contributed by atoms with Gasteiger partial charge in [0.15, 0.2) is 0 Å². The van der Waals surface area contributed by atoms with Crippen LogP contribution in [0, 0.1) is 5.92 Å². The third kappa shape index (κ3) is 5.18. The number of hydroxylamine groups is 1. The molecule has 1 unspecified atom stereocenters. The summed E-state index contributed by atoms with van der Waals surface area (Å²) in [6, 6.07) is 13.3. The van der Waals surface area contributed by atoms with Crippen molar-refractivity contribution in [1.82, 2.24) is 5.48 Å². The number of aromatic hydroxyl groups is 1. The zero-order valence-corrected chi connectivity index (χ0v) is 19.6. The smallest absolute Gasteiger partial charge is 0.387 e. The number of benzene rings is 2. The predicted octanol–water partition coefficient (Wildman–Crippen LogP) is 5.62. The second-order valence-electron chi connectivity index (χ2n) is 10.1. The van der Waals surface area contributed by atoms with Gasteiger partial charge in [0.25, 0.3) is 0 Å². The van der Waals surface area contributed by atoms with Gasteiger partial charge in [-0.15, -0.1) is 0 Å². The molecule has 2 aromatic rings. The summed E-state index contributed by atoms with van der Waals surface area (Å²) >= 11 is 0. The number of esters is 1. The molecular formula is C26H31F2NO5. The van der Waals surface area contributed by atoms with Crippen LogP contribution in [0.15, 0.2) is 48.5 Å². The summed E-state index contributed by atoms with van der Waals surface area (Å²) in [5, 5.41) is 10.5. The van der Waals surface area contributed by atoms with Gasteiger partial charge in [-0.2, -0.15) is 14.3 Å². The maximum Gasteiger partial charge on any atom is 0.387 e. The minimum absolute atomic E-state index is 0.0413. The second-order valence-corrected chi connectivity index (χ2v) is 10.1. The maximum atomic E-state index is 13.3. The first-order chi connectivity index (χ1) is 16.1. The topological polar surface area (TPSA) is 77.0 Å². The van der Waals surface area contributed by atoms with E-state index in [1.54, 1.807) is 0 Å². The summed E-state index contributed by atoms with van der Waals surface area (Å²) in [6.45, 7) is 2.58. The molecule has 2 aromatic carbocycles. The van der Waals surface area contributed by atoms with Crippen LogP contribution in [0.2, 0.25) is 0 Å². The molecule has 1 heterocycles. The van der Waals surface area contributed by atoms with Gasteiger partial charge in [0, 0.05) is 17.9 Å². The monoisotopic (exact) mass is 475 g/mol. The molecular weight excluding hydrogens is 444 g/mol. The van der Waals surface area contributed by atoms with E-state index in [2.05, 4.69) is 10.2 Å². The van der Waals surface area contributed by atoms with E-state index < -0.39 is 29.8 Å². The Balaban J connectivity index is 1.67. The van der Waals surface area contributed by atoms with Gasteiger partial charge < -0.3 is 14.6 Å². The number of phenols is 1. The molecule has 4 rings (SSSR count). The number of hydrogen-bond acceptors (Lipinski definition) is 6. The SMILES string of the molecule is CC(C)(C)OC(=O)C1CCC[C@@]2(C[C@H](c3cc(OC(F)F)ccc3O)NO2)[C@@H]1c1ccccc1. The Morgan fingerprint density at radius 1 is 1.21 bits per heavy atom. The van der Waals surface area contributed by atoms with Gasteiger partial charge >= 0.3 is 12.6 Å². The lowest BCUT2D eigenvalue weighted by atomic mass is 9.64. The van der Waals surface area contributed by atoms with Gasteiger partial charge in [0.05, 0.1) is 17.6 Å². The van der Waals surface area contributed by atoms with E-state index in [0.717, 1.165) is 12.0 Å². The lowest BCUT2D eigenvalue weighted by Gasteiger charge is -2.44. The molecule has 6 nitrogen and oxygen atoms in total. The van der Waals surface area contributed by atoms with Crippen molar-refractivity contribution in [2.24, 2.45) is 5.92 Å². The molecule has 1 saturated carbocycles. The van der Waals surface area contributed by atoms with Crippen molar-refractivity contribution < 1.29 is 33.0 Å². The Kier molecular flexibility index (Phi) is 6.82. The Bertz CT molecular complexity index is 1010. The van der Waals surface area contributed by atoms with Crippen molar-refractivity contribution in [3.05, 3.63) is 59.7 Å². The van der Waals surface area contributed by atoms with Gasteiger partial charge in [-0.05, 0) is 63.8 Å². The molecule has 2 N–H and O–H groups in total. The molecule has 34 heavy (non-hydrogen) atoms. The van der Waals surface area contributed by atoms with Gasteiger partial charge in [-0.25, -0.2) is 0 Å². The van der Waals surface area contributed by atoms with Gasteiger partial charge in [0.2, 0.25) is 0 Å². The third-order valence-electron chi connectivity index (χ3n) is 6.51. The fraction of sp³-hybridized carbons (Fsp3) is 0.500. The van der Waals surface area contributed by atoms with Crippen LogP contribution in [0.25, 0.3) is 0 Å². The Morgan fingerprint density at radius 3 is 2.62 bits per heavy atom. The van der Waals surface area contributed by atoms with Crippen LogP contribution in [0.1, 0.15) is 69.5 Å². The van der Waals surface area contributed by atoms with Gasteiger partial charge in [0.1, 0.15) is 17.1 Å². The second kappa shape index (κ2) is 9.50. The summed E-state index contributed by atoms with van der Waals surface area (Å²) in [4.78, 5) is 19.5. The quantitative estimate of drug-likeness (QED) is 0.547. The summed E-state index contributed by atoms with van der Waals surface area (Å²) < 4.78 is 35.7. The summed E-state index contributed by atoms with van der Waals surface area (Å²) in [7, 11) is 0. The predicted molar refractivity (Wildman–Crippen MR) is 121 cm³/mol. The van der Waals surface area contributed by atoms with Gasteiger partial charge in [-0.1, -0.05) is 30.3 Å². The van der Waals surface area contributed by atoms with Crippen LogP contribution < -0.4 is 10.2 Å². The molecule has 8 heteroatoms. The average Bonchev–Trinajstić information content (AvgIpc) is 3.17. The molecule has 2 fully saturated rings. The van der Waals surface area contributed by atoms with Crippen LogP contribution in [0.3, 0.4) is 0 Å². The van der Waals surface area contributed by atoms with Crippen molar-refractivity contribution in [1.29, 1.82) is 0 Å². The van der Waals surface area contributed by atoms with E-state index in [4.69, 9.17) is 9.57 Å². The molecule has 1 spiro atoms. The zero-order chi connectivity index (χ0) is 24.5. The van der Waals surface area contributed by atoms with Crippen LogP contribution in [-0.2, 0) is 14.4 Å². The molecule has 1 aliphatic carbocycles. The molecule has 184 valence electrons. The largest absolute Gasteiger partial charge is 0.508 e. The fourth-order valence-electron chi connectivity index (χ4n) is 5.26. The number of carbonyl (C=O) groups excluding carboxylic acids is 1. The van der Waals surface area contributed by atoms with Crippen LogP contribution in [0.5, 0.6) is 11.5 Å². The van der Waals surface area contributed by atoms with Crippen molar-refractivity contribution in [2.75, 3.05) is 0 Å². The highest BCUT2D eigenvalue weighted by molar-refractivity contribution is 5.75. The number of ether oxygens (including phenoxy) is 2. The summed E-state index contributed by atoms with van der Waals surface area (Å²) in [5.41, 5.74) is 3.03. The van der Waals surface area contributed by atoms with E-state index in [1.165, 1.54) is 18.2 Å². The highest BCUT2D eigenvalue weighted by atomic mass is 19.3. The molecule has 0 aromatic heterocycles. The van der Waals surface area contributed by atoms with Crippen LogP contribution in [0.4, 0.5) is 8.78 Å². The standard InChI is InChI=1S/C26H31F2NO5/c1-25(2,3)33-23(31)18-10-7-13-26(22(18)16-8-5-4-6-9-16)15-20(29-34-26)19-14-17(32-24(27)28)11-12-21(19)30/h4-6,8-9,11-12,14,18,20,22,24,29-30H,7,10,13,15H2,1-3H3/t18?,20-,22-,26-/m1/s1. The fourth-order valence-corrected chi connectivity index (χ4v) is 5.26. The maximum absolute atomic E-state index is 13.3. The Morgan fingerprint density at radius 2 is 1.94 bits per heavy atom. The molecule has 0 bridgehead atoms. The van der Waals surface area contributed by atoms with E-state index in [9.17, 15) is 18.7 Å². The molecule has 0 amide bonds. The minimum Gasteiger partial charge on any atom is -0.508 e. The van der Waals surface area contributed by atoms with Crippen LogP contribution in [-0.4, -0.2) is 28.9 Å².